The van der Waals surface area contributed by atoms with E-state index in [9.17, 15) is 0 Å². The van der Waals surface area contributed by atoms with E-state index in [-0.39, 0.29) is 7.92 Å². The molecule has 4 bridgehead atoms. The summed E-state index contributed by atoms with van der Waals surface area (Å²) in [4.78, 5) is 0. The van der Waals surface area contributed by atoms with Gasteiger partial charge in [-0.05, 0) is 158 Å². The Hall–Kier alpha value is -1.42. The standard InChI is InChI=1S/C25H35OP.C25H35P/c26-27(22-12-6-2-7-13-22,23-14-8-3-9-15-23)25-21-17-16-20(18-21)24(25)19-10-4-1-5-11-19;1-4-10-19(11-5-1)24-20-16-17-21(18-20)25(24)26(22-12-6-2-7-13-22)23-14-8-3-9-15-23/h1,4-5,10-11,20-23H,2-3,6-9,12-18H2;1,4-5,10-11,20-23H,2-3,6-9,12-18H2. The SMILES string of the molecule is O=P(C1=C(c2ccccc2)C2CCC1C2)(C1CCCCC1)C1CCCCC1.c1ccc(C2=C(P(C3CCCCC3)C3CCCCC3)C3CCC2C3)cc1. The minimum absolute atomic E-state index is 0.104. The molecule has 0 saturated heterocycles. The van der Waals surface area contributed by atoms with Crippen molar-refractivity contribution in [3.05, 3.63) is 82.4 Å². The fraction of sp³-hybridized carbons (Fsp3) is 0.680. The summed E-state index contributed by atoms with van der Waals surface area (Å²) in [5.41, 5.74) is 9.55. The molecule has 53 heavy (non-hydrogen) atoms. The van der Waals surface area contributed by atoms with Crippen molar-refractivity contribution in [1.29, 1.82) is 0 Å². The second-order valence-electron chi connectivity index (χ2n) is 19.0. The lowest BCUT2D eigenvalue weighted by Crippen LogP contribution is -2.26. The van der Waals surface area contributed by atoms with Crippen molar-refractivity contribution in [2.24, 2.45) is 23.7 Å². The van der Waals surface area contributed by atoms with E-state index in [4.69, 9.17) is 0 Å². The Labute approximate surface area is 325 Å². The lowest BCUT2D eigenvalue weighted by molar-refractivity contribution is 0.447. The van der Waals surface area contributed by atoms with E-state index in [0.717, 1.165) is 23.2 Å². The van der Waals surface area contributed by atoms with Gasteiger partial charge in [0.1, 0.15) is 7.14 Å². The molecular weight excluding hydrogens is 678 g/mol. The van der Waals surface area contributed by atoms with Crippen molar-refractivity contribution in [2.75, 3.05) is 0 Å². The number of fused-ring (bicyclic) bond motifs is 4. The zero-order valence-corrected chi connectivity index (χ0v) is 34.9. The first-order valence-electron chi connectivity index (χ1n) is 23.2. The quantitative estimate of drug-likeness (QED) is 0.246. The molecule has 3 heteroatoms. The normalized spacial score (nSPS) is 30.4. The maximum atomic E-state index is 15.2. The van der Waals surface area contributed by atoms with Crippen molar-refractivity contribution in [3.8, 4) is 0 Å². The molecule has 2 aromatic carbocycles. The fourth-order valence-corrected chi connectivity index (χ4v) is 23.3. The lowest BCUT2D eigenvalue weighted by atomic mass is 9.92. The van der Waals surface area contributed by atoms with Gasteiger partial charge in [-0.3, -0.25) is 0 Å². The molecule has 8 aliphatic rings. The first kappa shape index (κ1) is 37.2. The van der Waals surface area contributed by atoms with E-state index in [1.807, 2.05) is 5.57 Å². The molecule has 10 rings (SSSR count). The highest BCUT2D eigenvalue weighted by Gasteiger charge is 2.53. The van der Waals surface area contributed by atoms with Gasteiger partial charge in [0.25, 0.3) is 0 Å². The molecular formula is C50H70OP2. The van der Waals surface area contributed by atoms with Crippen LogP contribution in [0, 0.1) is 23.7 Å². The summed E-state index contributed by atoms with van der Waals surface area (Å²) >= 11 is 0. The third kappa shape index (κ3) is 7.45. The largest absolute Gasteiger partial charge is 0.318 e. The molecule has 4 unspecified atom stereocenters. The molecule has 0 aliphatic heterocycles. The molecule has 0 spiro atoms. The highest BCUT2D eigenvalue weighted by Crippen LogP contribution is 2.76. The smallest absolute Gasteiger partial charge is 0.118 e. The maximum Gasteiger partial charge on any atom is 0.118 e. The Balaban J connectivity index is 0.000000141. The van der Waals surface area contributed by atoms with Crippen molar-refractivity contribution in [2.45, 2.75) is 190 Å². The molecule has 286 valence electrons. The van der Waals surface area contributed by atoms with Crippen LogP contribution in [0.2, 0.25) is 0 Å². The summed E-state index contributed by atoms with van der Waals surface area (Å²) in [5, 5.41) is 3.59. The highest BCUT2D eigenvalue weighted by molar-refractivity contribution is 7.70. The van der Waals surface area contributed by atoms with Crippen LogP contribution in [0.3, 0.4) is 0 Å². The summed E-state index contributed by atoms with van der Waals surface area (Å²) in [6.45, 7) is 0. The number of rotatable bonds is 8. The second kappa shape index (κ2) is 17.0. The van der Waals surface area contributed by atoms with Crippen molar-refractivity contribution in [1.82, 2.24) is 0 Å². The number of benzene rings is 2. The monoisotopic (exact) mass is 748 g/mol. The zero-order chi connectivity index (χ0) is 35.6. The molecule has 0 amide bonds. The number of allylic oxidation sites excluding steroid dienone is 4. The number of hydrogen-bond donors (Lipinski definition) is 0. The second-order valence-corrected chi connectivity index (χ2v) is 25.1. The van der Waals surface area contributed by atoms with Gasteiger partial charge in [0.05, 0.1) is 0 Å². The van der Waals surface area contributed by atoms with Gasteiger partial charge in [0, 0.05) is 11.3 Å². The molecule has 2 aromatic rings. The Morgan fingerprint density at radius 1 is 0.415 bits per heavy atom. The topological polar surface area (TPSA) is 17.1 Å². The first-order valence-corrected chi connectivity index (χ1v) is 26.5. The molecule has 8 aliphatic carbocycles. The summed E-state index contributed by atoms with van der Waals surface area (Å²) < 4.78 is 15.2. The Morgan fingerprint density at radius 2 is 0.811 bits per heavy atom. The van der Waals surface area contributed by atoms with Crippen LogP contribution in [-0.2, 0) is 4.57 Å². The van der Waals surface area contributed by atoms with Gasteiger partial charge in [0.2, 0.25) is 0 Å². The Bertz CT molecular complexity index is 1580. The minimum Gasteiger partial charge on any atom is -0.318 e. The summed E-state index contributed by atoms with van der Waals surface area (Å²) in [6.07, 6.45) is 36.5. The average Bonchev–Trinajstić information content (AvgIpc) is 4.06. The molecule has 0 N–H and O–H groups in total. The van der Waals surface area contributed by atoms with Gasteiger partial charge >= 0.3 is 0 Å². The van der Waals surface area contributed by atoms with Crippen LogP contribution in [0.25, 0.3) is 11.1 Å². The lowest BCUT2D eigenvalue weighted by Gasteiger charge is -2.42. The fourth-order valence-electron chi connectivity index (χ4n) is 13.7. The van der Waals surface area contributed by atoms with E-state index >= 15 is 4.57 Å². The molecule has 0 radical (unpaired) electrons. The van der Waals surface area contributed by atoms with Crippen LogP contribution in [0.4, 0.5) is 0 Å². The predicted octanol–water partition coefficient (Wildman–Crippen LogP) is 15.8. The van der Waals surface area contributed by atoms with Gasteiger partial charge in [-0.15, -0.1) is 0 Å². The highest BCUT2D eigenvalue weighted by atomic mass is 31.2. The molecule has 6 fully saturated rings. The van der Waals surface area contributed by atoms with E-state index in [1.165, 1.54) is 152 Å². The van der Waals surface area contributed by atoms with Crippen LogP contribution in [-0.4, -0.2) is 22.6 Å². The van der Waals surface area contributed by atoms with Gasteiger partial charge in [0.15, 0.2) is 0 Å². The van der Waals surface area contributed by atoms with Gasteiger partial charge in [-0.25, -0.2) is 0 Å². The van der Waals surface area contributed by atoms with Crippen LogP contribution in [0.1, 0.15) is 178 Å². The van der Waals surface area contributed by atoms with Gasteiger partial charge < -0.3 is 4.57 Å². The van der Waals surface area contributed by atoms with Crippen LogP contribution < -0.4 is 0 Å². The molecule has 0 aromatic heterocycles. The van der Waals surface area contributed by atoms with Crippen molar-refractivity contribution >= 4 is 26.2 Å². The van der Waals surface area contributed by atoms with Gasteiger partial charge in [-0.2, -0.15) is 0 Å². The van der Waals surface area contributed by atoms with Crippen molar-refractivity contribution < 1.29 is 4.57 Å². The summed E-state index contributed by atoms with van der Waals surface area (Å²) in [6, 6.07) is 22.7. The predicted molar refractivity (Wildman–Crippen MR) is 230 cm³/mol. The Morgan fingerprint density at radius 3 is 1.32 bits per heavy atom. The van der Waals surface area contributed by atoms with E-state index in [2.05, 4.69) is 66.0 Å². The maximum absolute atomic E-state index is 15.2. The molecule has 6 saturated carbocycles. The van der Waals surface area contributed by atoms with E-state index in [1.54, 1.807) is 36.8 Å². The van der Waals surface area contributed by atoms with E-state index < -0.39 is 7.14 Å². The molecule has 0 heterocycles. The van der Waals surface area contributed by atoms with Crippen LogP contribution >= 0.6 is 15.1 Å². The van der Waals surface area contributed by atoms with Crippen molar-refractivity contribution in [3.63, 3.8) is 0 Å². The molecule has 4 atom stereocenters. The zero-order valence-electron chi connectivity index (χ0n) is 33.1. The first-order chi connectivity index (χ1) is 26.2. The van der Waals surface area contributed by atoms with Crippen LogP contribution in [0.15, 0.2) is 71.3 Å². The van der Waals surface area contributed by atoms with Crippen LogP contribution in [0.5, 0.6) is 0 Å². The molecule has 1 nitrogen and oxygen atoms in total. The third-order valence-corrected chi connectivity index (χ3v) is 24.3. The number of hydrogen-bond acceptors (Lipinski definition) is 1. The average molecular weight is 749 g/mol. The van der Waals surface area contributed by atoms with Gasteiger partial charge in [-0.1, -0.05) is 146 Å². The minimum atomic E-state index is -2.30. The summed E-state index contributed by atoms with van der Waals surface area (Å²) in [5.74, 6) is 3.19. The third-order valence-electron chi connectivity index (χ3n) is 16.0. The summed E-state index contributed by atoms with van der Waals surface area (Å²) in [7, 11) is -2.20. The Kier molecular flexibility index (Phi) is 11.9. The van der Waals surface area contributed by atoms with E-state index in [0.29, 0.717) is 23.2 Å².